The number of sulfonamides is 1. The molecule has 10 nitrogen and oxygen atoms in total. The number of amides is 2. The minimum Gasteiger partial charge on any atom is -0.351 e. The van der Waals surface area contributed by atoms with E-state index in [1.54, 1.807) is 24.3 Å². The lowest BCUT2D eigenvalue weighted by molar-refractivity contribution is -0.385. The first-order valence-electron chi connectivity index (χ1n) is 8.74. The van der Waals surface area contributed by atoms with Crippen LogP contribution in [0, 0.1) is 10.1 Å². The molecule has 2 aromatic rings. The maximum Gasteiger partial charge on any atom is 0.270 e. The molecule has 30 heavy (non-hydrogen) atoms. The van der Waals surface area contributed by atoms with Crippen LogP contribution >= 0.6 is 0 Å². The van der Waals surface area contributed by atoms with Gasteiger partial charge in [0, 0.05) is 37.3 Å². The van der Waals surface area contributed by atoms with Gasteiger partial charge in [0.25, 0.3) is 11.6 Å². The molecule has 0 atom stereocenters. The van der Waals surface area contributed by atoms with Crippen LogP contribution < -0.4 is 15.4 Å². The van der Waals surface area contributed by atoms with Crippen LogP contribution in [0.4, 0.5) is 5.69 Å². The lowest BCUT2D eigenvalue weighted by atomic mass is 10.1. The van der Waals surface area contributed by atoms with Crippen LogP contribution in [0.5, 0.6) is 0 Å². The summed E-state index contributed by atoms with van der Waals surface area (Å²) in [4.78, 5) is 33.1. The van der Waals surface area contributed by atoms with Gasteiger partial charge in [-0.25, -0.2) is 13.1 Å². The molecule has 0 fully saturated rings. The molecule has 0 aromatic heterocycles. The van der Waals surface area contributed by atoms with Crippen LogP contribution in [0.15, 0.2) is 66.1 Å². The molecule has 0 saturated heterocycles. The van der Waals surface area contributed by atoms with Crippen molar-refractivity contribution in [3.05, 3.63) is 82.4 Å². The zero-order valence-electron chi connectivity index (χ0n) is 15.8. The molecule has 2 amide bonds. The van der Waals surface area contributed by atoms with Crippen molar-refractivity contribution in [3.63, 3.8) is 0 Å². The van der Waals surface area contributed by atoms with Crippen molar-refractivity contribution in [1.29, 1.82) is 0 Å². The standard InChI is InChI=1S/C19H20N4O6S/c1-2-18(24)21-13-14-6-8-15(9-7-14)19(25)20-10-11-22-30(28,29)17-5-3-4-16(12-17)23(26)27/h2-9,12,22H,1,10-11,13H2,(H,20,25)(H,21,24). The molecule has 11 heteroatoms. The minimum atomic E-state index is -3.95. The third kappa shape index (κ3) is 6.50. The maximum absolute atomic E-state index is 12.2. The highest BCUT2D eigenvalue weighted by Gasteiger charge is 2.17. The summed E-state index contributed by atoms with van der Waals surface area (Å²) < 4.78 is 26.7. The van der Waals surface area contributed by atoms with E-state index in [2.05, 4.69) is 21.9 Å². The Morgan fingerprint density at radius 2 is 1.77 bits per heavy atom. The molecule has 2 rings (SSSR count). The summed E-state index contributed by atoms with van der Waals surface area (Å²) in [6.07, 6.45) is 1.16. The molecule has 158 valence electrons. The van der Waals surface area contributed by atoms with Crippen molar-refractivity contribution in [1.82, 2.24) is 15.4 Å². The fourth-order valence-electron chi connectivity index (χ4n) is 2.35. The number of hydrogen-bond donors (Lipinski definition) is 3. The van der Waals surface area contributed by atoms with Gasteiger partial charge in [-0.2, -0.15) is 0 Å². The van der Waals surface area contributed by atoms with Gasteiger partial charge in [0.2, 0.25) is 15.9 Å². The Hall–Kier alpha value is -3.57. The number of nitro benzene ring substituents is 1. The number of rotatable bonds is 10. The van der Waals surface area contributed by atoms with E-state index in [0.29, 0.717) is 12.1 Å². The zero-order chi connectivity index (χ0) is 22.1. The Kier molecular flexibility index (Phi) is 7.78. The van der Waals surface area contributed by atoms with Crippen molar-refractivity contribution < 1.29 is 22.9 Å². The van der Waals surface area contributed by atoms with Gasteiger partial charge in [0.1, 0.15) is 0 Å². The normalized spacial score (nSPS) is 10.8. The third-order valence-corrected chi connectivity index (χ3v) is 5.37. The van der Waals surface area contributed by atoms with Crippen molar-refractivity contribution in [2.24, 2.45) is 0 Å². The fourth-order valence-corrected chi connectivity index (χ4v) is 3.42. The van der Waals surface area contributed by atoms with E-state index < -0.39 is 20.9 Å². The van der Waals surface area contributed by atoms with Crippen LogP contribution in [-0.2, 0) is 21.4 Å². The van der Waals surface area contributed by atoms with Gasteiger partial charge < -0.3 is 10.6 Å². The first-order chi connectivity index (χ1) is 14.2. The Labute approximate surface area is 173 Å². The van der Waals surface area contributed by atoms with Crippen molar-refractivity contribution in [2.45, 2.75) is 11.4 Å². The molecule has 2 aromatic carbocycles. The molecule has 0 unspecified atom stereocenters. The largest absolute Gasteiger partial charge is 0.351 e. The van der Waals surface area contributed by atoms with E-state index >= 15 is 0 Å². The lowest BCUT2D eigenvalue weighted by Crippen LogP contribution is -2.34. The zero-order valence-corrected chi connectivity index (χ0v) is 16.6. The highest BCUT2D eigenvalue weighted by atomic mass is 32.2. The number of carbonyl (C=O) groups excluding carboxylic acids is 2. The molecule has 3 N–H and O–H groups in total. The molecule has 0 bridgehead atoms. The molecule has 0 aliphatic heterocycles. The van der Waals surface area contributed by atoms with E-state index in [-0.39, 0.29) is 29.6 Å². The maximum atomic E-state index is 12.2. The average molecular weight is 432 g/mol. The molecule has 0 aliphatic carbocycles. The highest BCUT2D eigenvalue weighted by Crippen LogP contribution is 2.16. The van der Waals surface area contributed by atoms with Gasteiger partial charge in [0.15, 0.2) is 0 Å². The predicted octanol–water partition coefficient (Wildman–Crippen LogP) is 1.11. The monoisotopic (exact) mass is 432 g/mol. The van der Waals surface area contributed by atoms with Crippen molar-refractivity contribution in [3.8, 4) is 0 Å². The summed E-state index contributed by atoms with van der Waals surface area (Å²) in [7, 11) is -3.95. The quantitative estimate of drug-likeness (QED) is 0.222. The second kappa shape index (κ2) is 10.3. The van der Waals surface area contributed by atoms with Crippen LogP contribution in [0.2, 0.25) is 0 Å². The molecule has 0 radical (unpaired) electrons. The third-order valence-electron chi connectivity index (χ3n) is 3.91. The average Bonchev–Trinajstić information content (AvgIpc) is 2.75. The Morgan fingerprint density at radius 1 is 1.07 bits per heavy atom. The van der Waals surface area contributed by atoms with Gasteiger partial charge in [-0.3, -0.25) is 19.7 Å². The summed E-state index contributed by atoms with van der Waals surface area (Å²) in [6.45, 7) is 3.58. The molecule has 0 spiro atoms. The topological polar surface area (TPSA) is 148 Å². The number of benzene rings is 2. The highest BCUT2D eigenvalue weighted by molar-refractivity contribution is 7.89. The van der Waals surface area contributed by atoms with Gasteiger partial charge in [0.05, 0.1) is 9.82 Å². The summed E-state index contributed by atoms with van der Waals surface area (Å²) in [6, 6.07) is 11.2. The molecular formula is C19H20N4O6S. The number of hydrogen-bond acceptors (Lipinski definition) is 6. The summed E-state index contributed by atoms with van der Waals surface area (Å²) in [5.41, 5.74) is 0.834. The molecule has 0 aliphatic rings. The van der Waals surface area contributed by atoms with Gasteiger partial charge in [-0.05, 0) is 29.8 Å². The van der Waals surface area contributed by atoms with Gasteiger partial charge >= 0.3 is 0 Å². The van der Waals surface area contributed by atoms with Crippen molar-refractivity contribution >= 4 is 27.5 Å². The first-order valence-corrected chi connectivity index (χ1v) is 10.2. The van der Waals surface area contributed by atoms with Crippen LogP contribution in [0.3, 0.4) is 0 Å². The number of carbonyl (C=O) groups is 2. The number of non-ortho nitro benzene ring substituents is 1. The summed E-state index contributed by atoms with van der Waals surface area (Å²) in [5, 5.41) is 16.0. The second-order valence-electron chi connectivity index (χ2n) is 6.03. The lowest BCUT2D eigenvalue weighted by Gasteiger charge is -2.09. The smallest absolute Gasteiger partial charge is 0.270 e. The van der Waals surface area contributed by atoms with Crippen LogP contribution in [0.1, 0.15) is 15.9 Å². The SMILES string of the molecule is C=CC(=O)NCc1ccc(C(=O)NCCNS(=O)(=O)c2cccc([N+](=O)[O-])c2)cc1. The molecule has 0 saturated carbocycles. The van der Waals surface area contributed by atoms with Crippen LogP contribution in [-0.4, -0.2) is 38.2 Å². The number of nitrogens with zero attached hydrogens (tertiary/aromatic N) is 1. The summed E-state index contributed by atoms with van der Waals surface area (Å²) >= 11 is 0. The Morgan fingerprint density at radius 3 is 2.40 bits per heavy atom. The summed E-state index contributed by atoms with van der Waals surface area (Å²) in [5.74, 6) is -0.699. The van der Waals surface area contributed by atoms with Crippen molar-refractivity contribution in [2.75, 3.05) is 13.1 Å². The van der Waals surface area contributed by atoms with E-state index in [4.69, 9.17) is 0 Å². The fraction of sp³-hybridized carbons (Fsp3) is 0.158. The predicted molar refractivity (Wildman–Crippen MR) is 109 cm³/mol. The van der Waals surface area contributed by atoms with E-state index in [1.165, 1.54) is 18.2 Å². The number of nitrogens with one attached hydrogen (secondary N) is 3. The number of nitro groups is 1. The Bertz CT molecular complexity index is 1050. The molecule has 0 heterocycles. The van der Waals surface area contributed by atoms with E-state index in [0.717, 1.165) is 17.7 Å². The minimum absolute atomic E-state index is 0.0180. The van der Waals surface area contributed by atoms with E-state index in [9.17, 15) is 28.1 Å². The molecular weight excluding hydrogens is 412 g/mol. The van der Waals surface area contributed by atoms with Crippen LogP contribution in [0.25, 0.3) is 0 Å². The second-order valence-corrected chi connectivity index (χ2v) is 7.79. The van der Waals surface area contributed by atoms with Gasteiger partial charge in [-0.15, -0.1) is 0 Å². The first kappa shape index (κ1) is 22.7. The Balaban J connectivity index is 1.84. The van der Waals surface area contributed by atoms with Gasteiger partial charge in [-0.1, -0.05) is 24.8 Å². The van der Waals surface area contributed by atoms with E-state index in [1.807, 2.05) is 0 Å².